The molecule has 0 nitrogen and oxygen atoms in total. The maximum atomic E-state index is 2.37. The Morgan fingerprint density at radius 2 is 1.58 bits per heavy atom. The fourth-order valence-electron chi connectivity index (χ4n) is 2.27. The number of benzene rings is 1. The zero-order valence-electron chi connectivity index (χ0n) is 13.1. The van der Waals surface area contributed by atoms with Gasteiger partial charge in [-0.05, 0) is 24.0 Å². The summed E-state index contributed by atoms with van der Waals surface area (Å²) in [4.78, 5) is 1.41. The van der Waals surface area contributed by atoms with Gasteiger partial charge >= 0.3 is 0 Å². The van der Waals surface area contributed by atoms with E-state index in [2.05, 4.69) is 69.8 Å². The Morgan fingerprint density at radius 1 is 0.947 bits per heavy atom. The molecule has 0 aliphatic heterocycles. The monoisotopic (exact) mass is 278 g/mol. The van der Waals surface area contributed by atoms with E-state index in [1.54, 1.807) is 0 Å². The summed E-state index contributed by atoms with van der Waals surface area (Å²) in [6.45, 7) is 9.40. The van der Waals surface area contributed by atoms with Crippen LogP contribution < -0.4 is 0 Å². The minimum absolute atomic E-state index is 0.380. The van der Waals surface area contributed by atoms with Crippen molar-refractivity contribution in [2.75, 3.05) is 0 Å². The lowest BCUT2D eigenvalue weighted by Gasteiger charge is -2.30. The number of thioether (sulfide) groups is 1. The lowest BCUT2D eigenvalue weighted by molar-refractivity contribution is 0.370. The van der Waals surface area contributed by atoms with E-state index < -0.39 is 0 Å². The molecule has 0 aromatic heterocycles. The number of unbranched alkanes of at least 4 members (excludes halogenated alkanes) is 4. The third-order valence-electron chi connectivity index (χ3n) is 3.56. The second-order valence-electron chi connectivity index (χ2n) is 6.49. The highest BCUT2D eigenvalue weighted by atomic mass is 32.2. The van der Waals surface area contributed by atoms with Crippen LogP contribution in [-0.4, -0.2) is 5.25 Å². The van der Waals surface area contributed by atoms with Crippen LogP contribution in [0.4, 0.5) is 0 Å². The number of hydrogen-bond donors (Lipinski definition) is 0. The van der Waals surface area contributed by atoms with Gasteiger partial charge in [-0.2, -0.15) is 0 Å². The lowest BCUT2D eigenvalue weighted by Crippen LogP contribution is -2.23. The van der Waals surface area contributed by atoms with Crippen molar-refractivity contribution in [2.45, 2.75) is 76.4 Å². The molecule has 0 heterocycles. The van der Waals surface area contributed by atoms with Gasteiger partial charge in [0.05, 0.1) is 0 Å². The van der Waals surface area contributed by atoms with Gasteiger partial charge in [0.1, 0.15) is 0 Å². The van der Waals surface area contributed by atoms with Gasteiger partial charge in [0.15, 0.2) is 0 Å². The van der Waals surface area contributed by atoms with Gasteiger partial charge in [0.2, 0.25) is 0 Å². The maximum absolute atomic E-state index is 2.37. The molecule has 0 spiro atoms. The molecule has 0 bridgehead atoms. The Hall–Kier alpha value is -0.430. The number of hydrogen-bond acceptors (Lipinski definition) is 1. The molecule has 1 rings (SSSR count). The Morgan fingerprint density at radius 3 is 2.16 bits per heavy atom. The lowest BCUT2D eigenvalue weighted by atomic mass is 9.88. The van der Waals surface area contributed by atoms with E-state index in [0.29, 0.717) is 5.41 Å². The van der Waals surface area contributed by atoms with E-state index in [9.17, 15) is 0 Å². The van der Waals surface area contributed by atoms with Crippen molar-refractivity contribution >= 4 is 11.8 Å². The van der Waals surface area contributed by atoms with E-state index in [-0.39, 0.29) is 0 Å². The van der Waals surface area contributed by atoms with Crippen LogP contribution in [-0.2, 0) is 0 Å². The SMILES string of the molecule is CCCCCCCC(Sc1ccccc1)C(C)(C)C. The van der Waals surface area contributed by atoms with Gasteiger partial charge in [0, 0.05) is 10.1 Å². The van der Waals surface area contributed by atoms with Crippen LogP contribution in [0.3, 0.4) is 0 Å². The summed E-state index contributed by atoms with van der Waals surface area (Å²) in [5, 5.41) is 0.719. The highest BCUT2D eigenvalue weighted by Crippen LogP contribution is 2.38. The van der Waals surface area contributed by atoms with Gasteiger partial charge in [-0.15, -0.1) is 11.8 Å². The zero-order valence-corrected chi connectivity index (χ0v) is 13.9. The summed E-state index contributed by atoms with van der Waals surface area (Å²) >= 11 is 2.06. The van der Waals surface area contributed by atoms with Crippen LogP contribution in [0.25, 0.3) is 0 Å². The summed E-state index contributed by atoms with van der Waals surface area (Å²) in [5.74, 6) is 0. The third kappa shape index (κ3) is 7.06. The first-order valence-corrected chi connectivity index (χ1v) is 8.63. The van der Waals surface area contributed by atoms with Crippen LogP contribution >= 0.6 is 11.8 Å². The van der Waals surface area contributed by atoms with Crippen molar-refractivity contribution < 1.29 is 0 Å². The molecule has 1 aromatic rings. The molecular formula is C18H30S. The molecule has 0 saturated heterocycles. The van der Waals surface area contributed by atoms with Crippen molar-refractivity contribution in [1.82, 2.24) is 0 Å². The molecule has 0 aliphatic carbocycles. The predicted molar refractivity (Wildman–Crippen MR) is 88.9 cm³/mol. The predicted octanol–water partition coefficient (Wildman–Crippen LogP) is 6.55. The Labute approximate surface area is 124 Å². The second kappa shape index (κ2) is 8.68. The van der Waals surface area contributed by atoms with E-state index in [0.717, 1.165) is 5.25 Å². The fourth-order valence-corrected chi connectivity index (χ4v) is 3.55. The number of rotatable bonds is 8. The molecule has 0 amide bonds. The average Bonchev–Trinajstić information content (AvgIpc) is 2.37. The molecule has 1 aromatic carbocycles. The normalized spacial score (nSPS) is 13.5. The van der Waals surface area contributed by atoms with Crippen molar-refractivity contribution in [2.24, 2.45) is 5.41 Å². The minimum atomic E-state index is 0.380. The van der Waals surface area contributed by atoms with E-state index >= 15 is 0 Å². The highest BCUT2D eigenvalue weighted by Gasteiger charge is 2.24. The first-order valence-electron chi connectivity index (χ1n) is 7.75. The van der Waals surface area contributed by atoms with E-state index in [1.807, 2.05) is 0 Å². The molecule has 0 saturated carbocycles. The molecular weight excluding hydrogens is 248 g/mol. The quantitative estimate of drug-likeness (QED) is 0.383. The van der Waals surface area contributed by atoms with Gasteiger partial charge in [0.25, 0.3) is 0 Å². The van der Waals surface area contributed by atoms with Crippen molar-refractivity contribution in [3.05, 3.63) is 30.3 Å². The van der Waals surface area contributed by atoms with E-state index in [1.165, 1.54) is 43.4 Å². The third-order valence-corrected chi connectivity index (χ3v) is 5.33. The summed E-state index contributed by atoms with van der Waals surface area (Å²) < 4.78 is 0. The van der Waals surface area contributed by atoms with Crippen molar-refractivity contribution in [1.29, 1.82) is 0 Å². The standard InChI is InChI=1S/C18H30S/c1-5-6-7-8-12-15-17(18(2,3)4)19-16-13-10-9-11-14-16/h9-11,13-14,17H,5-8,12,15H2,1-4H3. The molecule has 1 atom stereocenters. The van der Waals surface area contributed by atoms with Crippen LogP contribution in [0.1, 0.15) is 66.2 Å². The highest BCUT2D eigenvalue weighted by molar-refractivity contribution is 8.00. The van der Waals surface area contributed by atoms with Crippen LogP contribution in [0.2, 0.25) is 0 Å². The Bertz CT molecular complexity index is 323. The van der Waals surface area contributed by atoms with Crippen molar-refractivity contribution in [3.8, 4) is 0 Å². The fraction of sp³-hybridized carbons (Fsp3) is 0.667. The summed E-state index contributed by atoms with van der Waals surface area (Å²) in [6.07, 6.45) is 8.25. The summed E-state index contributed by atoms with van der Waals surface area (Å²) in [7, 11) is 0. The van der Waals surface area contributed by atoms with Gasteiger partial charge in [-0.1, -0.05) is 78.0 Å². The molecule has 0 radical (unpaired) electrons. The summed E-state index contributed by atoms with van der Waals surface area (Å²) in [6, 6.07) is 10.9. The molecule has 1 heteroatoms. The zero-order chi connectivity index (χ0) is 14.1. The maximum Gasteiger partial charge on any atom is 0.0143 e. The topological polar surface area (TPSA) is 0 Å². The molecule has 1 unspecified atom stereocenters. The average molecular weight is 279 g/mol. The molecule has 108 valence electrons. The Balaban J connectivity index is 2.44. The minimum Gasteiger partial charge on any atom is -0.122 e. The largest absolute Gasteiger partial charge is 0.122 e. The molecule has 0 aliphatic rings. The van der Waals surface area contributed by atoms with Crippen LogP contribution in [0, 0.1) is 5.41 Å². The first kappa shape index (κ1) is 16.6. The molecule has 19 heavy (non-hydrogen) atoms. The second-order valence-corrected chi connectivity index (χ2v) is 7.76. The summed E-state index contributed by atoms with van der Waals surface area (Å²) in [5.41, 5.74) is 0.380. The smallest absolute Gasteiger partial charge is 0.0143 e. The van der Waals surface area contributed by atoms with Gasteiger partial charge in [-0.3, -0.25) is 0 Å². The molecule has 0 fully saturated rings. The first-order chi connectivity index (χ1) is 9.04. The van der Waals surface area contributed by atoms with E-state index in [4.69, 9.17) is 0 Å². The van der Waals surface area contributed by atoms with Gasteiger partial charge in [-0.25, -0.2) is 0 Å². The van der Waals surface area contributed by atoms with Crippen LogP contribution in [0.15, 0.2) is 35.2 Å². The van der Waals surface area contributed by atoms with Gasteiger partial charge < -0.3 is 0 Å². The van der Waals surface area contributed by atoms with Crippen LogP contribution in [0.5, 0.6) is 0 Å². The molecule has 0 N–H and O–H groups in total. The Kier molecular flexibility index (Phi) is 7.60. The van der Waals surface area contributed by atoms with Crippen molar-refractivity contribution in [3.63, 3.8) is 0 Å².